The smallest absolute Gasteiger partial charge is 0.407 e. The van der Waals surface area contributed by atoms with Gasteiger partial charge in [0.05, 0.1) is 0 Å². The second-order valence-corrected chi connectivity index (χ2v) is 9.04. The Morgan fingerprint density at radius 2 is 1.82 bits per heavy atom. The highest BCUT2D eigenvalue weighted by Gasteiger charge is 2.38. The van der Waals surface area contributed by atoms with Crippen LogP contribution in [0.4, 0.5) is 10.5 Å². The zero-order chi connectivity index (χ0) is 20.3. The summed E-state index contributed by atoms with van der Waals surface area (Å²) in [4.78, 5) is 13.3. The van der Waals surface area contributed by atoms with Crippen LogP contribution >= 0.6 is 0 Å². The summed E-state index contributed by atoms with van der Waals surface area (Å²) in [5, 5.41) is 13.3. The molecular formula is C24H32N2O2. The topological polar surface area (TPSA) is 52.6 Å². The zero-order valence-electron chi connectivity index (χ0n) is 17.4. The summed E-state index contributed by atoms with van der Waals surface area (Å²) < 4.78 is 0. The molecule has 4 nitrogen and oxygen atoms in total. The predicted octanol–water partition coefficient (Wildman–Crippen LogP) is 5.55. The van der Waals surface area contributed by atoms with Crippen molar-refractivity contribution < 1.29 is 9.90 Å². The summed E-state index contributed by atoms with van der Waals surface area (Å²) in [6.07, 6.45) is 1.74. The second kappa shape index (κ2) is 8.26. The van der Waals surface area contributed by atoms with E-state index in [1.165, 1.54) is 16.7 Å². The van der Waals surface area contributed by atoms with Gasteiger partial charge in [-0.25, -0.2) is 4.79 Å². The number of para-hydroxylation sites is 1. The number of rotatable bonds is 4. The molecule has 2 aromatic carbocycles. The standard InChI is InChI=1S/C24H32N2O2/c1-17-9-11-18(12-10-17)15-19-7-5-6-8-21(19)25-20-13-14-26(23(27)28)22(16-20)24(2,3)4/h5-12,20,22,25H,13-16H2,1-4H3,(H,27,28). The summed E-state index contributed by atoms with van der Waals surface area (Å²) in [7, 11) is 0. The van der Waals surface area contributed by atoms with E-state index in [-0.39, 0.29) is 17.5 Å². The van der Waals surface area contributed by atoms with E-state index in [0.717, 1.165) is 24.9 Å². The van der Waals surface area contributed by atoms with Crippen LogP contribution in [0.3, 0.4) is 0 Å². The van der Waals surface area contributed by atoms with Crippen LogP contribution in [-0.4, -0.2) is 34.7 Å². The van der Waals surface area contributed by atoms with Gasteiger partial charge in [0.1, 0.15) is 0 Å². The average Bonchev–Trinajstić information content (AvgIpc) is 2.64. The van der Waals surface area contributed by atoms with Gasteiger partial charge in [-0.05, 0) is 48.8 Å². The summed E-state index contributed by atoms with van der Waals surface area (Å²) in [5.41, 5.74) is 4.92. The third kappa shape index (κ3) is 4.86. The van der Waals surface area contributed by atoms with E-state index < -0.39 is 6.09 Å². The molecule has 1 aliphatic rings. The Bertz CT molecular complexity index is 808. The quantitative estimate of drug-likeness (QED) is 0.731. The maximum Gasteiger partial charge on any atom is 0.407 e. The molecule has 2 atom stereocenters. The summed E-state index contributed by atoms with van der Waals surface area (Å²) in [6, 6.07) is 17.4. The molecule has 0 spiro atoms. The second-order valence-electron chi connectivity index (χ2n) is 9.04. The number of carboxylic acid groups (broad SMARTS) is 1. The first-order chi connectivity index (χ1) is 13.2. The number of aryl methyl sites for hydroxylation is 1. The first-order valence-electron chi connectivity index (χ1n) is 10.1. The van der Waals surface area contributed by atoms with Gasteiger partial charge in [-0.15, -0.1) is 0 Å². The number of anilines is 1. The first-order valence-corrected chi connectivity index (χ1v) is 10.1. The van der Waals surface area contributed by atoms with Crippen LogP contribution in [0.15, 0.2) is 48.5 Å². The molecule has 0 radical (unpaired) electrons. The van der Waals surface area contributed by atoms with Gasteiger partial charge in [0.25, 0.3) is 0 Å². The summed E-state index contributed by atoms with van der Waals surface area (Å²) in [5.74, 6) is 0. The molecule has 0 aromatic heterocycles. The lowest BCUT2D eigenvalue weighted by Gasteiger charge is -2.45. The number of nitrogens with one attached hydrogen (secondary N) is 1. The zero-order valence-corrected chi connectivity index (χ0v) is 17.4. The lowest BCUT2D eigenvalue weighted by atomic mass is 9.79. The van der Waals surface area contributed by atoms with Crippen LogP contribution in [0, 0.1) is 12.3 Å². The third-order valence-electron chi connectivity index (χ3n) is 5.74. The molecule has 1 saturated heterocycles. The molecule has 2 aromatic rings. The molecular weight excluding hydrogens is 348 g/mol. The molecule has 0 saturated carbocycles. The van der Waals surface area contributed by atoms with Crippen molar-refractivity contribution in [3.05, 3.63) is 65.2 Å². The van der Waals surface area contributed by atoms with E-state index >= 15 is 0 Å². The van der Waals surface area contributed by atoms with Gasteiger partial charge in [0.15, 0.2) is 0 Å². The van der Waals surface area contributed by atoms with Crippen molar-refractivity contribution in [3.63, 3.8) is 0 Å². The van der Waals surface area contributed by atoms with Crippen LogP contribution in [0.25, 0.3) is 0 Å². The highest BCUT2D eigenvalue weighted by molar-refractivity contribution is 5.66. The molecule has 1 amide bonds. The molecule has 2 N–H and O–H groups in total. The molecule has 1 heterocycles. The van der Waals surface area contributed by atoms with Gasteiger partial charge in [0.2, 0.25) is 0 Å². The monoisotopic (exact) mass is 380 g/mol. The number of amides is 1. The molecule has 150 valence electrons. The van der Waals surface area contributed by atoms with Crippen LogP contribution in [0.5, 0.6) is 0 Å². The van der Waals surface area contributed by atoms with Crippen LogP contribution in [0.2, 0.25) is 0 Å². The Kier molecular flexibility index (Phi) is 5.97. The minimum absolute atomic E-state index is 0.0144. The fraction of sp³-hybridized carbons (Fsp3) is 0.458. The largest absolute Gasteiger partial charge is 0.465 e. The van der Waals surface area contributed by atoms with E-state index in [2.05, 4.69) is 81.5 Å². The molecule has 1 fully saturated rings. The van der Waals surface area contributed by atoms with Gasteiger partial charge in [-0.2, -0.15) is 0 Å². The van der Waals surface area contributed by atoms with Crippen molar-refractivity contribution in [3.8, 4) is 0 Å². The number of benzene rings is 2. The Balaban J connectivity index is 1.75. The number of likely N-dealkylation sites (tertiary alicyclic amines) is 1. The highest BCUT2D eigenvalue weighted by atomic mass is 16.4. The van der Waals surface area contributed by atoms with Gasteiger partial charge >= 0.3 is 6.09 Å². The fourth-order valence-corrected chi connectivity index (χ4v) is 4.11. The van der Waals surface area contributed by atoms with Gasteiger partial charge in [-0.3, -0.25) is 0 Å². The number of carbonyl (C=O) groups is 1. The van der Waals surface area contributed by atoms with E-state index in [4.69, 9.17) is 0 Å². The van der Waals surface area contributed by atoms with Crippen LogP contribution in [0.1, 0.15) is 50.3 Å². The molecule has 0 bridgehead atoms. The van der Waals surface area contributed by atoms with Crippen LogP contribution < -0.4 is 5.32 Å². The number of hydrogen-bond donors (Lipinski definition) is 2. The molecule has 4 heteroatoms. The first kappa shape index (κ1) is 20.2. The molecule has 1 aliphatic heterocycles. The number of nitrogens with zero attached hydrogens (tertiary/aromatic N) is 1. The fourth-order valence-electron chi connectivity index (χ4n) is 4.11. The average molecular weight is 381 g/mol. The minimum atomic E-state index is -0.807. The summed E-state index contributed by atoms with van der Waals surface area (Å²) >= 11 is 0. The van der Waals surface area contributed by atoms with Crippen molar-refractivity contribution in [2.75, 3.05) is 11.9 Å². The van der Waals surface area contributed by atoms with E-state index in [1.807, 2.05) is 0 Å². The van der Waals surface area contributed by atoms with E-state index in [0.29, 0.717) is 6.54 Å². The van der Waals surface area contributed by atoms with Crippen LogP contribution in [-0.2, 0) is 6.42 Å². The Morgan fingerprint density at radius 1 is 1.14 bits per heavy atom. The van der Waals surface area contributed by atoms with E-state index in [1.54, 1.807) is 4.90 Å². The number of hydrogen-bond acceptors (Lipinski definition) is 2. The molecule has 28 heavy (non-hydrogen) atoms. The van der Waals surface area contributed by atoms with Gasteiger partial charge in [-0.1, -0.05) is 68.8 Å². The summed E-state index contributed by atoms with van der Waals surface area (Å²) in [6.45, 7) is 9.06. The molecule has 2 unspecified atom stereocenters. The number of piperidine rings is 1. The minimum Gasteiger partial charge on any atom is -0.465 e. The normalized spacial score (nSPS) is 20.1. The molecule has 0 aliphatic carbocycles. The lowest BCUT2D eigenvalue weighted by Crippen LogP contribution is -2.54. The molecule has 3 rings (SSSR count). The SMILES string of the molecule is Cc1ccc(Cc2ccccc2NC2CCN(C(=O)O)C(C(C)(C)C)C2)cc1. The Morgan fingerprint density at radius 3 is 2.46 bits per heavy atom. The predicted molar refractivity (Wildman–Crippen MR) is 115 cm³/mol. The van der Waals surface area contributed by atoms with Crippen molar-refractivity contribution >= 4 is 11.8 Å². The Hall–Kier alpha value is -2.49. The maximum atomic E-state index is 11.7. The third-order valence-corrected chi connectivity index (χ3v) is 5.74. The maximum absolute atomic E-state index is 11.7. The van der Waals surface area contributed by atoms with Crippen molar-refractivity contribution in [2.45, 2.75) is 59.0 Å². The van der Waals surface area contributed by atoms with Crippen molar-refractivity contribution in [1.29, 1.82) is 0 Å². The van der Waals surface area contributed by atoms with Crippen molar-refractivity contribution in [2.24, 2.45) is 5.41 Å². The van der Waals surface area contributed by atoms with Crippen molar-refractivity contribution in [1.82, 2.24) is 4.90 Å². The highest BCUT2D eigenvalue weighted by Crippen LogP contribution is 2.33. The lowest BCUT2D eigenvalue weighted by molar-refractivity contribution is 0.0557. The van der Waals surface area contributed by atoms with Gasteiger partial charge in [0, 0.05) is 24.3 Å². The Labute approximate surface area is 168 Å². The van der Waals surface area contributed by atoms with Gasteiger partial charge < -0.3 is 15.3 Å². The van der Waals surface area contributed by atoms with E-state index in [9.17, 15) is 9.90 Å².